The molecule has 0 bridgehead atoms. The molecule has 126 valence electrons. The van der Waals surface area contributed by atoms with Gasteiger partial charge < -0.3 is 10.1 Å². The van der Waals surface area contributed by atoms with E-state index in [1.54, 1.807) is 0 Å². The van der Waals surface area contributed by atoms with Gasteiger partial charge in [0.05, 0.1) is 15.6 Å². The molecule has 0 saturated carbocycles. The number of nitrogens with one attached hydrogen (secondary N) is 1. The van der Waals surface area contributed by atoms with Crippen molar-refractivity contribution in [2.24, 2.45) is 0 Å². The van der Waals surface area contributed by atoms with E-state index in [4.69, 9.17) is 27.9 Å². The highest BCUT2D eigenvalue weighted by molar-refractivity contribution is 6.36. The van der Waals surface area contributed by atoms with Gasteiger partial charge in [0.2, 0.25) is 0 Å². The lowest BCUT2D eigenvalue weighted by Gasteiger charge is -2.14. The molecule has 0 aliphatic heterocycles. The molecule has 0 aromatic heterocycles. The van der Waals surface area contributed by atoms with E-state index in [1.807, 2.05) is 30.3 Å². The number of hydrogen-bond acceptors (Lipinski definition) is 3. The first kappa shape index (κ1) is 18.2. The second-order valence-electron chi connectivity index (χ2n) is 5.00. The van der Waals surface area contributed by atoms with E-state index in [2.05, 4.69) is 5.32 Å². The van der Waals surface area contributed by atoms with Crippen LogP contribution in [0.3, 0.4) is 0 Å². The van der Waals surface area contributed by atoms with Gasteiger partial charge in [-0.1, -0.05) is 53.5 Å². The fourth-order valence-electron chi connectivity index (χ4n) is 1.89. The zero-order chi connectivity index (χ0) is 17.7. The summed E-state index contributed by atoms with van der Waals surface area (Å²) in [6.45, 7) is 1.72. The second kappa shape index (κ2) is 8.13. The fourth-order valence-corrected chi connectivity index (χ4v) is 2.35. The van der Waals surface area contributed by atoms with Gasteiger partial charge in [-0.25, -0.2) is 9.18 Å². The summed E-state index contributed by atoms with van der Waals surface area (Å²) in [5.74, 6) is -2.18. The van der Waals surface area contributed by atoms with Crippen molar-refractivity contribution in [3.8, 4) is 0 Å². The summed E-state index contributed by atoms with van der Waals surface area (Å²) in [6, 6.07) is 11.3. The number of rotatable bonds is 5. The zero-order valence-electron chi connectivity index (χ0n) is 12.7. The maximum Gasteiger partial charge on any atom is 0.340 e. The first-order valence-electron chi connectivity index (χ1n) is 7.05. The van der Waals surface area contributed by atoms with Crippen molar-refractivity contribution < 1.29 is 18.7 Å². The largest absolute Gasteiger partial charge is 0.449 e. The Balaban J connectivity index is 1.96. The van der Waals surface area contributed by atoms with Crippen LogP contribution in [0, 0.1) is 5.82 Å². The minimum Gasteiger partial charge on any atom is -0.449 e. The number of hydrogen-bond donors (Lipinski definition) is 1. The van der Waals surface area contributed by atoms with Gasteiger partial charge in [0.15, 0.2) is 6.10 Å². The molecule has 0 spiro atoms. The Kier molecular flexibility index (Phi) is 6.17. The third-order valence-electron chi connectivity index (χ3n) is 3.19. The Morgan fingerprint density at radius 2 is 1.83 bits per heavy atom. The van der Waals surface area contributed by atoms with Gasteiger partial charge >= 0.3 is 5.97 Å². The van der Waals surface area contributed by atoms with Crippen LogP contribution < -0.4 is 5.32 Å². The van der Waals surface area contributed by atoms with Crippen LogP contribution in [0.5, 0.6) is 0 Å². The Morgan fingerprint density at radius 3 is 2.50 bits per heavy atom. The Hall–Kier alpha value is -2.11. The molecule has 0 radical (unpaired) electrons. The van der Waals surface area contributed by atoms with Gasteiger partial charge in [-0.05, 0) is 24.6 Å². The van der Waals surface area contributed by atoms with Gasteiger partial charge in [-0.15, -0.1) is 0 Å². The fraction of sp³-hybridized carbons (Fsp3) is 0.176. The predicted molar refractivity (Wildman–Crippen MR) is 89.6 cm³/mol. The SMILES string of the molecule is C[C@H](OC(=O)c1cc(F)c(Cl)cc1Cl)C(=O)NCc1ccccc1. The monoisotopic (exact) mass is 369 g/mol. The molecule has 0 heterocycles. The van der Waals surface area contributed by atoms with Gasteiger partial charge in [-0.2, -0.15) is 0 Å². The number of halogens is 3. The molecule has 1 amide bonds. The van der Waals surface area contributed by atoms with Crippen molar-refractivity contribution in [1.82, 2.24) is 5.32 Å². The summed E-state index contributed by atoms with van der Waals surface area (Å²) < 4.78 is 18.5. The van der Waals surface area contributed by atoms with Crippen LogP contribution >= 0.6 is 23.2 Å². The average molecular weight is 370 g/mol. The Labute approximate surface area is 148 Å². The van der Waals surface area contributed by atoms with Crippen LogP contribution in [0.4, 0.5) is 4.39 Å². The van der Waals surface area contributed by atoms with Crippen LogP contribution in [-0.4, -0.2) is 18.0 Å². The highest BCUT2D eigenvalue weighted by Gasteiger charge is 2.21. The molecule has 0 fully saturated rings. The van der Waals surface area contributed by atoms with Gasteiger partial charge in [-0.3, -0.25) is 4.79 Å². The van der Waals surface area contributed by atoms with Crippen molar-refractivity contribution in [2.75, 3.05) is 0 Å². The van der Waals surface area contributed by atoms with E-state index in [1.165, 1.54) is 6.92 Å². The third kappa shape index (κ3) is 4.69. The second-order valence-corrected chi connectivity index (χ2v) is 5.81. The molecule has 2 aromatic carbocycles. The number of carbonyl (C=O) groups excluding carboxylic acids is 2. The molecule has 2 aromatic rings. The summed E-state index contributed by atoms with van der Waals surface area (Å²) in [6.07, 6.45) is -1.06. The van der Waals surface area contributed by atoms with Gasteiger partial charge in [0.1, 0.15) is 5.82 Å². The lowest BCUT2D eigenvalue weighted by atomic mass is 10.2. The molecule has 2 rings (SSSR count). The smallest absolute Gasteiger partial charge is 0.340 e. The highest BCUT2D eigenvalue weighted by Crippen LogP contribution is 2.25. The van der Waals surface area contributed by atoms with Crippen molar-refractivity contribution in [3.05, 3.63) is 69.5 Å². The normalized spacial score (nSPS) is 11.7. The summed E-state index contributed by atoms with van der Waals surface area (Å²) in [7, 11) is 0. The van der Waals surface area contributed by atoms with Crippen LogP contribution in [0.25, 0.3) is 0 Å². The molecule has 0 saturated heterocycles. The molecule has 1 N–H and O–H groups in total. The molecular weight excluding hydrogens is 356 g/mol. The van der Waals surface area contributed by atoms with Crippen molar-refractivity contribution in [3.63, 3.8) is 0 Å². The molecule has 1 atom stereocenters. The maximum atomic E-state index is 13.4. The average Bonchev–Trinajstić information content (AvgIpc) is 2.56. The van der Waals surface area contributed by atoms with E-state index < -0.39 is 23.8 Å². The lowest BCUT2D eigenvalue weighted by Crippen LogP contribution is -2.35. The van der Waals surface area contributed by atoms with Crippen LogP contribution in [0.15, 0.2) is 42.5 Å². The Morgan fingerprint density at radius 1 is 1.17 bits per heavy atom. The zero-order valence-corrected chi connectivity index (χ0v) is 14.2. The van der Waals surface area contributed by atoms with Crippen LogP contribution in [-0.2, 0) is 16.1 Å². The van der Waals surface area contributed by atoms with E-state index in [-0.39, 0.29) is 15.6 Å². The molecule has 4 nitrogen and oxygen atoms in total. The van der Waals surface area contributed by atoms with Crippen LogP contribution in [0.2, 0.25) is 10.0 Å². The minimum absolute atomic E-state index is 0.0525. The number of esters is 1. The van der Waals surface area contributed by atoms with Crippen molar-refractivity contribution >= 4 is 35.1 Å². The standard InChI is InChI=1S/C17H14Cl2FNO3/c1-10(16(22)21-9-11-5-3-2-4-6-11)24-17(23)12-7-15(20)14(19)8-13(12)18/h2-8,10H,9H2,1H3,(H,21,22)/t10-/m0/s1. The van der Waals surface area contributed by atoms with E-state index in [0.29, 0.717) is 6.54 Å². The highest BCUT2D eigenvalue weighted by atomic mass is 35.5. The van der Waals surface area contributed by atoms with E-state index >= 15 is 0 Å². The summed E-state index contributed by atoms with van der Waals surface area (Å²) in [5, 5.41) is 2.39. The number of carbonyl (C=O) groups is 2. The molecule has 0 unspecified atom stereocenters. The van der Waals surface area contributed by atoms with Crippen molar-refractivity contribution in [2.45, 2.75) is 19.6 Å². The molecule has 0 aliphatic carbocycles. The number of amides is 1. The Bertz CT molecular complexity index is 753. The molecule has 7 heteroatoms. The minimum atomic E-state index is -1.06. The summed E-state index contributed by atoms with van der Waals surface area (Å²) in [4.78, 5) is 24.0. The van der Waals surface area contributed by atoms with E-state index in [9.17, 15) is 14.0 Å². The summed E-state index contributed by atoms with van der Waals surface area (Å²) in [5.41, 5.74) is 0.716. The summed E-state index contributed by atoms with van der Waals surface area (Å²) >= 11 is 11.4. The number of ether oxygens (including phenoxy) is 1. The molecule has 0 aliphatic rings. The predicted octanol–water partition coefficient (Wildman–Crippen LogP) is 3.99. The van der Waals surface area contributed by atoms with Gasteiger partial charge in [0.25, 0.3) is 5.91 Å². The first-order chi connectivity index (χ1) is 11.4. The number of benzene rings is 2. The van der Waals surface area contributed by atoms with E-state index in [0.717, 1.165) is 17.7 Å². The molecular formula is C17H14Cl2FNO3. The topological polar surface area (TPSA) is 55.4 Å². The van der Waals surface area contributed by atoms with Crippen molar-refractivity contribution in [1.29, 1.82) is 0 Å². The van der Waals surface area contributed by atoms with Gasteiger partial charge in [0, 0.05) is 6.54 Å². The lowest BCUT2D eigenvalue weighted by molar-refractivity contribution is -0.129. The van der Waals surface area contributed by atoms with Crippen LogP contribution in [0.1, 0.15) is 22.8 Å². The first-order valence-corrected chi connectivity index (χ1v) is 7.81. The quantitative estimate of drug-likeness (QED) is 0.640. The third-order valence-corrected chi connectivity index (χ3v) is 3.79. The maximum absolute atomic E-state index is 13.4. The molecule has 24 heavy (non-hydrogen) atoms.